The minimum Gasteiger partial charge on any atom is -0.241 e. The topological polar surface area (TPSA) is 52.0 Å². The van der Waals surface area contributed by atoms with Gasteiger partial charge in [0.1, 0.15) is 6.33 Å². The predicted octanol–water partition coefficient (Wildman–Crippen LogP) is 3.04. The number of aryl methyl sites for hydroxylation is 2. The van der Waals surface area contributed by atoms with Crippen molar-refractivity contribution in [1.29, 1.82) is 0 Å². The molecule has 0 amide bonds. The summed E-state index contributed by atoms with van der Waals surface area (Å²) in [4.78, 5) is 4.02. The van der Waals surface area contributed by atoms with Gasteiger partial charge in [-0.1, -0.05) is 23.2 Å². The molecule has 0 saturated carbocycles. The van der Waals surface area contributed by atoms with Crippen molar-refractivity contribution in [1.82, 2.24) is 8.96 Å². The molecule has 0 fully saturated rings. The zero-order valence-corrected chi connectivity index (χ0v) is 12.0. The molecule has 0 aliphatic rings. The number of imidazole rings is 1. The van der Waals surface area contributed by atoms with Crippen LogP contribution in [0.15, 0.2) is 29.6 Å². The highest BCUT2D eigenvalue weighted by molar-refractivity contribution is 7.90. The van der Waals surface area contributed by atoms with E-state index in [0.29, 0.717) is 16.3 Å². The van der Waals surface area contributed by atoms with E-state index in [4.69, 9.17) is 23.2 Å². The van der Waals surface area contributed by atoms with Crippen LogP contribution >= 0.6 is 23.2 Å². The van der Waals surface area contributed by atoms with Crippen molar-refractivity contribution in [3.63, 3.8) is 0 Å². The van der Waals surface area contributed by atoms with Crippen LogP contribution < -0.4 is 0 Å². The van der Waals surface area contributed by atoms with Gasteiger partial charge in [-0.15, -0.1) is 0 Å². The molecule has 7 heteroatoms. The molecule has 0 saturated heterocycles. The normalized spacial score (nSPS) is 11.8. The van der Waals surface area contributed by atoms with Crippen LogP contribution in [-0.4, -0.2) is 17.4 Å². The fraction of sp³-hybridized carbons (Fsp3) is 0.182. The number of nitrogens with zero attached hydrogens (tertiary/aromatic N) is 2. The highest BCUT2D eigenvalue weighted by Crippen LogP contribution is 2.29. The summed E-state index contributed by atoms with van der Waals surface area (Å²) < 4.78 is 25.8. The predicted molar refractivity (Wildman–Crippen MR) is 70.7 cm³/mol. The van der Waals surface area contributed by atoms with Crippen molar-refractivity contribution in [2.24, 2.45) is 0 Å². The zero-order valence-electron chi connectivity index (χ0n) is 9.68. The van der Waals surface area contributed by atoms with Crippen LogP contribution in [0, 0.1) is 13.8 Å². The van der Waals surface area contributed by atoms with E-state index in [0.717, 1.165) is 3.97 Å². The molecular weight excluding hydrogens is 295 g/mol. The summed E-state index contributed by atoms with van der Waals surface area (Å²) in [6.07, 6.45) is 2.70. The molecule has 0 aliphatic heterocycles. The summed E-state index contributed by atoms with van der Waals surface area (Å²) in [5.41, 5.74) is 1.16. The van der Waals surface area contributed by atoms with E-state index in [2.05, 4.69) is 4.98 Å². The minimum atomic E-state index is -3.68. The Kier molecular flexibility index (Phi) is 3.40. The van der Waals surface area contributed by atoms with Gasteiger partial charge < -0.3 is 0 Å². The molecule has 2 rings (SSSR count). The van der Waals surface area contributed by atoms with Gasteiger partial charge in [0.2, 0.25) is 0 Å². The maximum absolute atomic E-state index is 12.4. The van der Waals surface area contributed by atoms with Crippen molar-refractivity contribution >= 4 is 33.2 Å². The highest BCUT2D eigenvalue weighted by atomic mass is 35.5. The smallest absolute Gasteiger partial charge is 0.241 e. The summed E-state index contributed by atoms with van der Waals surface area (Å²) in [5, 5.41) is 0.535. The maximum atomic E-state index is 12.4. The molecule has 1 heterocycles. The Balaban J connectivity index is 2.65. The molecule has 0 radical (unpaired) electrons. The van der Waals surface area contributed by atoms with Crippen molar-refractivity contribution in [2.75, 3.05) is 0 Å². The standard InChI is InChI=1S/C11H10Cl2N2O2S/c1-7-3-9(12)10(13)4-11(7)18(16,17)15-5-8(2)14-6-15/h3-6H,1-2H3. The Morgan fingerprint density at radius 1 is 1.17 bits per heavy atom. The van der Waals surface area contributed by atoms with Gasteiger partial charge in [-0.05, 0) is 31.5 Å². The first-order valence-corrected chi connectivity index (χ1v) is 7.24. The first-order chi connectivity index (χ1) is 8.32. The number of hydrogen-bond donors (Lipinski definition) is 0. The molecule has 1 aromatic carbocycles. The van der Waals surface area contributed by atoms with Gasteiger partial charge >= 0.3 is 0 Å². The van der Waals surface area contributed by atoms with E-state index in [1.807, 2.05) is 0 Å². The number of aromatic nitrogens is 2. The molecule has 0 unspecified atom stereocenters. The van der Waals surface area contributed by atoms with E-state index in [1.165, 1.54) is 24.7 Å². The molecule has 0 spiro atoms. The Morgan fingerprint density at radius 3 is 2.33 bits per heavy atom. The first kappa shape index (κ1) is 13.4. The molecule has 0 atom stereocenters. The quantitative estimate of drug-likeness (QED) is 0.857. The fourth-order valence-electron chi connectivity index (χ4n) is 1.55. The summed E-state index contributed by atoms with van der Waals surface area (Å²) in [5.74, 6) is 0. The lowest BCUT2D eigenvalue weighted by Crippen LogP contribution is -2.12. The summed E-state index contributed by atoms with van der Waals surface area (Å²) in [6.45, 7) is 3.38. The second-order valence-electron chi connectivity index (χ2n) is 3.88. The third-order valence-corrected chi connectivity index (χ3v) is 4.94. The molecule has 2 aromatic rings. The first-order valence-electron chi connectivity index (χ1n) is 5.04. The monoisotopic (exact) mass is 304 g/mol. The zero-order chi connectivity index (χ0) is 13.5. The Morgan fingerprint density at radius 2 is 1.78 bits per heavy atom. The molecular formula is C11H10Cl2N2O2S. The molecule has 4 nitrogen and oxygen atoms in total. The number of halogens is 2. The van der Waals surface area contributed by atoms with E-state index < -0.39 is 10.0 Å². The van der Waals surface area contributed by atoms with Gasteiger partial charge in [0.25, 0.3) is 10.0 Å². The molecule has 1 aromatic heterocycles. The van der Waals surface area contributed by atoms with Gasteiger partial charge in [-0.25, -0.2) is 17.4 Å². The number of rotatable bonds is 2. The van der Waals surface area contributed by atoms with Crippen LogP contribution in [0.5, 0.6) is 0 Å². The van der Waals surface area contributed by atoms with E-state index >= 15 is 0 Å². The van der Waals surface area contributed by atoms with E-state index in [-0.39, 0.29) is 9.92 Å². The molecule has 0 aliphatic carbocycles. The van der Waals surface area contributed by atoms with Gasteiger partial charge in [-0.2, -0.15) is 0 Å². The SMILES string of the molecule is Cc1cn(S(=O)(=O)c2cc(Cl)c(Cl)cc2C)cn1. The lowest BCUT2D eigenvalue weighted by molar-refractivity contribution is 0.586. The number of hydrogen-bond acceptors (Lipinski definition) is 3. The Hall–Kier alpha value is -1.04. The van der Waals surface area contributed by atoms with Crippen LogP contribution in [0.1, 0.15) is 11.3 Å². The van der Waals surface area contributed by atoms with Crippen LogP contribution in [0.2, 0.25) is 10.0 Å². The van der Waals surface area contributed by atoms with Crippen molar-refractivity contribution in [3.8, 4) is 0 Å². The van der Waals surface area contributed by atoms with Crippen molar-refractivity contribution in [3.05, 3.63) is 46.0 Å². The van der Waals surface area contributed by atoms with Crippen LogP contribution in [0.3, 0.4) is 0 Å². The maximum Gasteiger partial charge on any atom is 0.269 e. The lowest BCUT2D eigenvalue weighted by Gasteiger charge is -2.09. The summed E-state index contributed by atoms with van der Waals surface area (Å²) in [7, 11) is -3.68. The molecule has 18 heavy (non-hydrogen) atoms. The van der Waals surface area contributed by atoms with Gasteiger partial charge in [0, 0.05) is 6.20 Å². The molecule has 96 valence electrons. The average molecular weight is 305 g/mol. The lowest BCUT2D eigenvalue weighted by atomic mass is 10.2. The fourth-order valence-corrected chi connectivity index (χ4v) is 3.42. The average Bonchev–Trinajstić information content (AvgIpc) is 2.70. The van der Waals surface area contributed by atoms with Gasteiger partial charge in [-0.3, -0.25) is 0 Å². The van der Waals surface area contributed by atoms with Crippen molar-refractivity contribution in [2.45, 2.75) is 18.7 Å². The third-order valence-electron chi connectivity index (χ3n) is 2.46. The highest BCUT2D eigenvalue weighted by Gasteiger charge is 2.20. The summed E-state index contributed by atoms with van der Waals surface area (Å²) >= 11 is 11.7. The minimum absolute atomic E-state index is 0.120. The largest absolute Gasteiger partial charge is 0.269 e. The van der Waals surface area contributed by atoms with Gasteiger partial charge in [0.05, 0.1) is 20.6 Å². The van der Waals surface area contributed by atoms with Crippen molar-refractivity contribution < 1.29 is 8.42 Å². The van der Waals surface area contributed by atoms with Crippen LogP contribution in [-0.2, 0) is 10.0 Å². The second-order valence-corrected chi connectivity index (χ2v) is 6.51. The Bertz CT molecular complexity index is 708. The number of benzene rings is 1. The van der Waals surface area contributed by atoms with Crippen LogP contribution in [0.4, 0.5) is 0 Å². The Labute approximate surface area is 115 Å². The van der Waals surface area contributed by atoms with E-state index in [9.17, 15) is 8.42 Å². The molecule has 0 bridgehead atoms. The third kappa shape index (κ3) is 2.25. The van der Waals surface area contributed by atoms with Gasteiger partial charge in [0.15, 0.2) is 0 Å². The second kappa shape index (κ2) is 4.57. The van der Waals surface area contributed by atoms with Crippen LogP contribution in [0.25, 0.3) is 0 Å². The van der Waals surface area contributed by atoms with E-state index in [1.54, 1.807) is 13.8 Å². The summed E-state index contributed by atoms with van der Waals surface area (Å²) in [6, 6.07) is 2.88. The molecule has 0 N–H and O–H groups in total.